The number of urea groups is 1. The molecule has 3 rings (SSSR count). The van der Waals surface area contributed by atoms with Crippen molar-refractivity contribution >= 4 is 17.7 Å². The summed E-state index contributed by atoms with van der Waals surface area (Å²) in [5.74, 6) is -1.30. The van der Waals surface area contributed by atoms with Crippen LogP contribution in [0.4, 0.5) is 9.18 Å². The number of amides is 3. The number of ketones is 1. The second-order valence-electron chi connectivity index (χ2n) is 5.74. The summed E-state index contributed by atoms with van der Waals surface area (Å²) in [6.07, 6.45) is 0. The molecule has 1 saturated heterocycles. The Bertz CT molecular complexity index is 805. The number of carbonyl (C=O) groups excluding carboxylic acids is 3. The van der Waals surface area contributed by atoms with Gasteiger partial charge in [-0.3, -0.25) is 14.5 Å². The predicted molar refractivity (Wildman–Crippen MR) is 84.8 cm³/mol. The van der Waals surface area contributed by atoms with Gasteiger partial charge in [0.1, 0.15) is 11.4 Å². The minimum atomic E-state index is -1.32. The van der Waals surface area contributed by atoms with Crippen molar-refractivity contribution in [2.75, 3.05) is 6.54 Å². The summed E-state index contributed by atoms with van der Waals surface area (Å²) in [6, 6.07) is 13.1. The predicted octanol–water partition coefficient (Wildman–Crippen LogP) is 2.48. The molecule has 6 heteroatoms. The Morgan fingerprint density at radius 3 is 2.33 bits per heavy atom. The fourth-order valence-corrected chi connectivity index (χ4v) is 2.68. The van der Waals surface area contributed by atoms with Crippen molar-refractivity contribution in [2.24, 2.45) is 0 Å². The van der Waals surface area contributed by atoms with Gasteiger partial charge in [0.25, 0.3) is 5.91 Å². The first-order valence-corrected chi connectivity index (χ1v) is 7.40. The number of hydrogen-bond donors (Lipinski definition) is 1. The fraction of sp³-hybridized carbons (Fsp3) is 0.167. The van der Waals surface area contributed by atoms with E-state index in [0.717, 1.165) is 4.90 Å². The van der Waals surface area contributed by atoms with Crippen LogP contribution in [0.2, 0.25) is 0 Å². The number of Topliss-reactive ketones (excluding diaryl/α,β-unsaturated/α-hetero) is 1. The largest absolute Gasteiger partial charge is 0.325 e. The van der Waals surface area contributed by atoms with E-state index in [-0.39, 0.29) is 12.3 Å². The summed E-state index contributed by atoms with van der Waals surface area (Å²) >= 11 is 0. The molecule has 1 atom stereocenters. The molecule has 3 amide bonds. The molecule has 1 aliphatic rings. The third-order valence-corrected chi connectivity index (χ3v) is 4.09. The topological polar surface area (TPSA) is 66.5 Å². The number of benzene rings is 2. The van der Waals surface area contributed by atoms with Crippen LogP contribution < -0.4 is 5.32 Å². The van der Waals surface area contributed by atoms with Gasteiger partial charge >= 0.3 is 6.03 Å². The number of nitrogens with one attached hydrogen (secondary N) is 1. The quantitative estimate of drug-likeness (QED) is 0.693. The smallest absolute Gasteiger partial charge is 0.319 e. The number of hydrogen-bond acceptors (Lipinski definition) is 3. The van der Waals surface area contributed by atoms with Crippen LogP contribution in [0, 0.1) is 5.82 Å². The Balaban J connectivity index is 1.84. The SMILES string of the molecule is C[C@@]1(c2ccc(F)cc2)NC(=O)N(CC(=O)c2ccccc2)C1=O. The van der Waals surface area contributed by atoms with Gasteiger partial charge in [-0.15, -0.1) is 0 Å². The molecule has 0 aromatic heterocycles. The van der Waals surface area contributed by atoms with E-state index in [1.165, 1.54) is 31.2 Å². The highest BCUT2D eigenvalue weighted by Crippen LogP contribution is 2.29. The van der Waals surface area contributed by atoms with Gasteiger partial charge in [-0.1, -0.05) is 42.5 Å². The van der Waals surface area contributed by atoms with Gasteiger partial charge in [-0.2, -0.15) is 0 Å². The summed E-state index contributed by atoms with van der Waals surface area (Å²) in [5.41, 5.74) is -0.438. The maximum atomic E-state index is 13.1. The van der Waals surface area contributed by atoms with Gasteiger partial charge in [0.2, 0.25) is 0 Å². The maximum absolute atomic E-state index is 13.1. The van der Waals surface area contributed by atoms with Crippen LogP contribution in [-0.2, 0) is 10.3 Å². The molecular formula is C18H15FN2O3. The molecule has 0 radical (unpaired) electrons. The number of carbonyl (C=O) groups is 3. The molecule has 0 aliphatic carbocycles. The van der Waals surface area contributed by atoms with Crippen LogP contribution in [-0.4, -0.2) is 29.2 Å². The monoisotopic (exact) mass is 326 g/mol. The summed E-state index contributed by atoms with van der Waals surface area (Å²) in [7, 11) is 0. The highest BCUT2D eigenvalue weighted by molar-refractivity contribution is 6.11. The first kappa shape index (κ1) is 15.9. The first-order chi connectivity index (χ1) is 11.4. The zero-order chi connectivity index (χ0) is 17.3. The Hall–Kier alpha value is -3.02. The average Bonchev–Trinajstić information content (AvgIpc) is 2.80. The normalized spacial score (nSPS) is 20.2. The summed E-state index contributed by atoms with van der Waals surface area (Å²) in [6.45, 7) is 1.19. The maximum Gasteiger partial charge on any atom is 0.325 e. The van der Waals surface area contributed by atoms with Crippen molar-refractivity contribution in [3.05, 3.63) is 71.5 Å². The zero-order valence-corrected chi connectivity index (χ0v) is 13.0. The van der Waals surface area contributed by atoms with Crippen molar-refractivity contribution < 1.29 is 18.8 Å². The lowest BCUT2D eigenvalue weighted by Gasteiger charge is -2.22. The average molecular weight is 326 g/mol. The van der Waals surface area contributed by atoms with E-state index in [1.54, 1.807) is 30.3 Å². The van der Waals surface area contributed by atoms with Crippen LogP contribution in [0.25, 0.3) is 0 Å². The van der Waals surface area contributed by atoms with Crippen LogP contribution in [0.5, 0.6) is 0 Å². The van der Waals surface area contributed by atoms with Gasteiger partial charge in [0.05, 0.1) is 6.54 Å². The summed E-state index contributed by atoms with van der Waals surface area (Å²) in [4.78, 5) is 38.0. The third kappa shape index (κ3) is 2.67. The molecule has 0 saturated carbocycles. The Labute approximate surface area is 138 Å². The minimum absolute atomic E-state index is 0.331. The Morgan fingerprint density at radius 2 is 1.71 bits per heavy atom. The standard InChI is InChI=1S/C18H15FN2O3/c1-18(13-7-9-14(19)10-8-13)16(23)21(17(24)20-18)11-15(22)12-5-3-2-4-6-12/h2-10H,11H2,1H3,(H,20,24)/t18-/m0/s1. The van der Waals surface area contributed by atoms with Crippen molar-refractivity contribution in [3.63, 3.8) is 0 Å². The van der Waals surface area contributed by atoms with Crippen molar-refractivity contribution in [3.8, 4) is 0 Å². The lowest BCUT2D eigenvalue weighted by Crippen LogP contribution is -2.41. The van der Waals surface area contributed by atoms with Crippen LogP contribution in [0.1, 0.15) is 22.8 Å². The van der Waals surface area contributed by atoms with E-state index in [0.29, 0.717) is 11.1 Å². The Kier molecular flexibility index (Phi) is 3.89. The summed E-state index contributed by atoms with van der Waals surface area (Å²) in [5, 5.41) is 2.59. The molecule has 2 aromatic rings. The molecule has 0 spiro atoms. The molecule has 1 heterocycles. The van der Waals surface area contributed by atoms with E-state index in [9.17, 15) is 18.8 Å². The molecule has 0 bridgehead atoms. The van der Waals surface area contributed by atoms with Gasteiger partial charge in [-0.05, 0) is 24.6 Å². The third-order valence-electron chi connectivity index (χ3n) is 4.09. The molecule has 2 aromatic carbocycles. The van der Waals surface area contributed by atoms with E-state index >= 15 is 0 Å². The highest BCUT2D eigenvalue weighted by atomic mass is 19.1. The lowest BCUT2D eigenvalue weighted by atomic mass is 9.92. The van der Waals surface area contributed by atoms with Crippen LogP contribution >= 0.6 is 0 Å². The molecular weight excluding hydrogens is 311 g/mol. The van der Waals surface area contributed by atoms with Crippen molar-refractivity contribution in [1.29, 1.82) is 0 Å². The number of halogens is 1. The van der Waals surface area contributed by atoms with Gasteiger partial charge < -0.3 is 5.32 Å². The molecule has 1 N–H and O–H groups in total. The molecule has 5 nitrogen and oxygen atoms in total. The second kappa shape index (κ2) is 5.88. The molecule has 1 aliphatic heterocycles. The van der Waals surface area contributed by atoms with E-state index in [1.807, 2.05) is 0 Å². The molecule has 24 heavy (non-hydrogen) atoms. The van der Waals surface area contributed by atoms with E-state index < -0.39 is 23.3 Å². The van der Waals surface area contributed by atoms with Crippen molar-refractivity contribution in [2.45, 2.75) is 12.5 Å². The van der Waals surface area contributed by atoms with Crippen molar-refractivity contribution in [1.82, 2.24) is 10.2 Å². The highest BCUT2D eigenvalue weighted by Gasteiger charge is 2.49. The minimum Gasteiger partial charge on any atom is -0.319 e. The molecule has 122 valence electrons. The number of nitrogens with zero attached hydrogens (tertiary/aromatic N) is 1. The molecule has 0 unspecified atom stereocenters. The fourth-order valence-electron chi connectivity index (χ4n) is 2.68. The first-order valence-electron chi connectivity index (χ1n) is 7.40. The number of rotatable bonds is 4. The molecule has 1 fully saturated rings. The number of imide groups is 1. The van der Waals surface area contributed by atoms with Gasteiger partial charge in [0, 0.05) is 5.56 Å². The van der Waals surface area contributed by atoms with E-state index in [2.05, 4.69) is 5.32 Å². The second-order valence-corrected chi connectivity index (χ2v) is 5.74. The van der Waals surface area contributed by atoms with Crippen LogP contribution in [0.3, 0.4) is 0 Å². The van der Waals surface area contributed by atoms with Gasteiger partial charge in [0.15, 0.2) is 5.78 Å². The van der Waals surface area contributed by atoms with Gasteiger partial charge in [-0.25, -0.2) is 9.18 Å². The Morgan fingerprint density at radius 1 is 1.08 bits per heavy atom. The lowest BCUT2D eigenvalue weighted by molar-refractivity contribution is -0.130. The van der Waals surface area contributed by atoms with Crippen LogP contribution in [0.15, 0.2) is 54.6 Å². The van der Waals surface area contributed by atoms with E-state index in [4.69, 9.17) is 0 Å². The summed E-state index contributed by atoms with van der Waals surface area (Å²) < 4.78 is 13.1. The zero-order valence-electron chi connectivity index (χ0n) is 13.0.